The maximum Gasteiger partial charge on any atom is 0.335 e. The molecule has 2 aromatic rings. The second kappa shape index (κ2) is 8.87. The van der Waals surface area contributed by atoms with E-state index >= 15 is 0 Å². The molecule has 1 aliphatic carbocycles. The highest BCUT2D eigenvalue weighted by Crippen LogP contribution is 2.47. The number of anilines is 3. The third-order valence-corrected chi connectivity index (χ3v) is 4.81. The van der Waals surface area contributed by atoms with E-state index < -0.39 is 24.0 Å². The van der Waals surface area contributed by atoms with Crippen LogP contribution in [0.3, 0.4) is 0 Å². The van der Waals surface area contributed by atoms with Crippen molar-refractivity contribution in [3.05, 3.63) is 54.1 Å². The van der Waals surface area contributed by atoms with Crippen LogP contribution in [-0.4, -0.2) is 44.1 Å². The molecule has 170 valence electrons. The Morgan fingerprint density at radius 1 is 1.34 bits per heavy atom. The smallest absolute Gasteiger partial charge is 0.335 e. The van der Waals surface area contributed by atoms with Crippen LogP contribution >= 0.6 is 0 Å². The van der Waals surface area contributed by atoms with Crippen LogP contribution in [0, 0.1) is 0 Å². The summed E-state index contributed by atoms with van der Waals surface area (Å²) in [5.41, 5.74) is 0.763. The van der Waals surface area contributed by atoms with Gasteiger partial charge in [0.15, 0.2) is 6.61 Å². The van der Waals surface area contributed by atoms with Crippen LogP contribution in [0.15, 0.2) is 48.6 Å². The van der Waals surface area contributed by atoms with Crippen molar-refractivity contribution in [3.8, 4) is 6.01 Å². The number of carboxylic acids is 1. The Bertz CT molecular complexity index is 1030. The molecule has 1 aromatic heterocycles. The number of nitrogens with zero attached hydrogens (tertiary/aromatic N) is 4. The summed E-state index contributed by atoms with van der Waals surface area (Å²) in [6.45, 7) is 5.71. The summed E-state index contributed by atoms with van der Waals surface area (Å²) in [4.78, 5) is 23.5. The third kappa shape index (κ3) is 5.35. The van der Waals surface area contributed by atoms with Gasteiger partial charge in [-0.05, 0) is 49.6 Å². The molecule has 1 saturated carbocycles. The topological polar surface area (TPSA) is 126 Å². The largest absolute Gasteiger partial charge is 0.478 e. The first-order valence-corrected chi connectivity index (χ1v) is 9.78. The molecule has 0 bridgehead atoms. The van der Waals surface area contributed by atoms with E-state index in [1.54, 1.807) is 0 Å². The highest BCUT2D eigenvalue weighted by molar-refractivity contribution is 5.88. The number of nitrogens with one attached hydrogen (secondary N) is 1. The van der Waals surface area contributed by atoms with E-state index in [4.69, 9.17) is 15.7 Å². The van der Waals surface area contributed by atoms with Gasteiger partial charge in [0.05, 0.1) is 11.1 Å². The van der Waals surface area contributed by atoms with Crippen molar-refractivity contribution in [3.63, 3.8) is 0 Å². The summed E-state index contributed by atoms with van der Waals surface area (Å²) in [6.07, 6.45) is 5.13. The quantitative estimate of drug-likeness (QED) is 0.284. The van der Waals surface area contributed by atoms with Crippen LogP contribution in [0.2, 0.25) is 0 Å². The van der Waals surface area contributed by atoms with E-state index in [-0.39, 0.29) is 23.5 Å². The number of hydrogen-bond donors (Lipinski definition) is 3. The highest BCUT2D eigenvalue weighted by atomic mass is 19.3. The summed E-state index contributed by atoms with van der Waals surface area (Å²) in [5, 5.41) is 13.3. The fourth-order valence-corrected chi connectivity index (χ4v) is 2.97. The first-order valence-electron chi connectivity index (χ1n) is 9.78. The second-order valence-electron chi connectivity index (χ2n) is 7.53. The van der Waals surface area contributed by atoms with Crippen molar-refractivity contribution >= 4 is 23.6 Å². The van der Waals surface area contributed by atoms with Gasteiger partial charge in [0, 0.05) is 12.6 Å². The molecule has 1 heterocycles. The van der Waals surface area contributed by atoms with E-state index in [2.05, 4.69) is 26.8 Å². The summed E-state index contributed by atoms with van der Waals surface area (Å²) < 4.78 is 31.7. The maximum atomic E-state index is 13.3. The van der Waals surface area contributed by atoms with Crippen LogP contribution in [0.1, 0.15) is 37.0 Å². The Kier molecular flexibility index (Phi) is 6.40. The number of benzene rings is 1. The molecule has 0 atom stereocenters. The normalized spacial score (nSPS) is 14.8. The predicted molar refractivity (Wildman–Crippen MR) is 115 cm³/mol. The molecule has 4 N–H and O–H groups in total. The lowest BCUT2D eigenvalue weighted by Gasteiger charge is -2.28. The molecule has 9 nitrogen and oxygen atoms in total. The predicted octanol–water partition coefficient (Wildman–Crippen LogP) is 3.69. The van der Waals surface area contributed by atoms with E-state index in [0.717, 1.165) is 18.4 Å². The van der Waals surface area contributed by atoms with Crippen LogP contribution < -0.4 is 20.9 Å². The van der Waals surface area contributed by atoms with Crippen molar-refractivity contribution in [1.82, 2.24) is 15.0 Å². The highest BCUT2D eigenvalue weighted by Gasteiger charge is 2.50. The Labute approximate surface area is 183 Å². The molecule has 1 aromatic carbocycles. The molecular weight excluding hydrogens is 422 g/mol. The van der Waals surface area contributed by atoms with Gasteiger partial charge in [0.2, 0.25) is 11.9 Å². The molecule has 3 rings (SSSR count). The van der Waals surface area contributed by atoms with Gasteiger partial charge in [0.25, 0.3) is 5.92 Å². The average molecular weight is 446 g/mol. The van der Waals surface area contributed by atoms with Crippen molar-refractivity contribution in [1.29, 1.82) is 0 Å². The molecule has 1 fully saturated rings. The molecule has 1 aliphatic rings. The number of rotatable bonds is 10. The fourth-order valence-electron chi connectivity index (χ4n) is 2.97. The fraction of sp³-hybridized carbons (Fsp3) is 0.333. The number of allylic oxidation sites excluding steroid dienone is 1. The Hall–Kier alpha value is -3.60. The van der Waals surface area contributed by atoms with Crippen LogP contribution in [0.5, 0.6) is 6.01 Å². The molecular formula is C21H24F2N6O3. The average Bonchev–Trinajstić information content (AvgIpc) is 3.54. The van der Waals surface area contributed by atoms with E-state index in [0.29, 0.717) is 12.6 Å². The minimum atomic E-state index is -3.09. The van der Waals surface area contributed by atoms with Gasteiger partial charge in [-0.15, -0.1) is 0 Å². The van der Waals surface area contributed by atoms with Gasteiger partial charge in [-0.25, -0.2) is 19.4 Å². The van der Waals surface area contributed by atoms with Crippen LogP contribution in [0.25, 0.3) is 0 Å². The number of ether oxygens (including phenoxy) is 1. The lowest BCUT2D eigenvalue weighted by molar-refractivity contribution is -0.0256. The van der Waals surface area contributed by atoms with Crippen molar-refractivity contribution in [2.24, 2.45) is 5.84 Å². The van der Waals surface area contributed by atoms with E-state index in [1.807, 2.05) is 19.1 Å². The Morgan fingerprint density at radius 3 is 2.53 bits per heavy atom. The number of hydrazine groups is 1. The number of alkyl halides is 2. The number of carboxylic acid groups (broad SMARTS) is 1. The molecule has 0 saturated heterocycles. The Balaban J connectivity index is 1.92. The van der Waals surface area contributed by atoms with Gasteiger partial charge >= 0.3 is 12.0 Å². The molecule has 11 heteroatoms. The van der Waals surface area contributed by atoms with Gasteiger partial charge in [-0.3, -0.25) is 5.01 Å². The monoisotopic (exact) mass is 446 g/mol. The Morgan fingerprint density at radius 2 is 2.00 bits per heavy atom. The molecule has 0 radical (unpaired) electrons. The summed E-state index contributed by atoms with van der Waals surface area (Å²) in [6, 6.07) is 5.51. The molecule has 0 unspecified atom stereocenters. The number of aromatic nitrogens is 3. The number of nitrogens with two attached hydrogens (primary N) is 1. The SMILES string of the molecule is C=C(/C=C\C)C1(N(N)c2nc(Nc3ccc(C(=O)O)cc3)nc(OCC(C)(F)F)n2)CC1. The summed E-state index contributed by atoms with van der Waals surface area (Å²) >= 11 is 0. The van der Waals surface area contributed by atoms with Crippen molar-refractivity contribution < 1.29 is 23.4 Å². The zero-order chi connectivity index (χ0) is 23.5. The number of aromatic carboxylic acids is 1. The van der Waals surface area contributed by atoms with Crippen molar-refractivity contribution in [2.75, 3.05) is 16.9 Å². The minimum absolute atomic E-state index is 0.00427. The summed E-state index contributed by atoms with van der Waals surface area (Å²) in [5.74, 6) is 2.18. The van der Waals surface area contributed by atoms with Gasteiger partial charge in [-0.1, -0.05) is 18.7 Å². The standard InChI is InChI=1S/C21H24F2N6O3/c1-4-5-13(2)21(10-11-21)29(24)18-26-17(27-19(28-18)32-12-20(3,22)23)25-15-8-6-14(7-9-15)16(30)31/h4-9H,2,10-12,24H2,1,3H3,(H,30,31)(H,25,26,27,28)/b5-4-. The zero-order valence-electron chi connectivity index (χ0n) is 17.7. The minimum Gasteiger partial charge on any atom is -0.478 e. The van der Waals surface area contributed by atoms with Gasteiger partial charge in [0.1, 0.15) is 0 Å². The molecule has 0 spiro atoms. The lowest BCUT2D eigenvalue weighted by Crippen LogP contribution is -2.45. The molecule has 0 amide bonds. The van der Waals surface area contributed by atoms with Crippen LogP contribution in [0.4, 0.5) is 26.4 Å². The van der Waals surface area contributed by atoms with Crippen LogP contribution in [-0.2, 0) is 0 Å². The first-order chi connectivity index (χ1) is 15.0. The van der Waals surface area contributed by atoms with Gasteiger partial charge in [-0.2, -0.15) is 15.0 Å². The van der Waals surface area contributed by atoms with E-state index in [9.17, 15) is 13.6 Å². The molecule has 0 aliphatic heterocycles. The number of carbonyl (C=O) groups is 1. The maximum absolute atomic E-state index is 13.3. The van der Waals surface area contributed by atoms with E-state index in [1.165, 1.54) is 29.3 Å². The zero-order valence-corrected chi connectivity index (χ0v) is 17.7. The summed E-state index contributed by atoms with van der Waals surface area (Å²) in [7, 11) is 0. The number of halogens is 2. The van der Waals surface area contributed by atoms with Gasteiger partial charge < -0.3 is 15.2 Å². The number of hydrogen-bond acceptors (Lipinski definition) is 8. The lowest BCUT2D eigenvalue weighted by atomic mass is 10.1. The first kappa shape index (κ1) is 23.1. The van der Waals surface area contributed by atoms with Crippen molar-refractivity contribution in [2.45, 2.75) is 38.2 Å². The third-order valence-electron chi connectivity index (χ3n) is 4.81. The molecule has 32 heavy (non-hydrogen) atoms. The second-order valence-corrected chi connectivity index (χ2v) is 7.53.